The molecule has 1 saturated heterocycles. The SMILES string of the molecule is CCC(Cc1ccc(C(=O)OCCOCCOC)cc1)(C(=O)c1ccc(N2CCNCC2)cc1)N(C)C. The van der Waals surface area contributed by atoms with Gasteiger partial charge in [-0.1, -0.05) is 19.1 Å². The lowest BCUT2D eigenvalue weighted by Gasteiger charge is -2.38. The predicted octanol–water partition coefficient (Wildman–Crippen LogP) is 3.05. The van der Waals surface area contributed by atoms with Crippen LogP contribution in [0, 0.1) is 0 Å². The van der Waals surface area contributed by atoms with Gasteiger partial charge in [0.25, 0.3) is 0 Å². The molecule has 8 nitrogen and oxygen atoms in total. The van der Waals surface area contributed by atoms with Gasteiger partial charge in [0, 0.05) is 44.5 Å². The zero-order chi connectivity index (χ0) is 26.7. The Morgan fingerprint density at radius 3 is 2.14 bits per heavy atom. The van der Waals surface area contributed by atoms with Crippen molar-refractivity contribution in [3.8, 4) is 0 Å². The maximum absolute atomic E-state index is 13.9. The van der Waals surface area contributed by atoms with Crippen LogP contribution < -0.4 is 10.2 Å². The number of piperazine rings is 1. The van der Waals surface area contributed by atoms with Gasteiger partial charge in [-0.15, -0.1) is 0 Å². The van der Waals surface area contributed by atoms with E-state index in [0.717, 1.165) is 37.4 Å². The molecule has 0 saturated carbocycles. The summed E-state index contributed by atoms with van der Waals surface area (Å²) in [6.45, 7) is 7.41. The molecule has 0 aliphatic carbocycles. The number of carbonyl (C=O) groups excluding carboxylic acids is 2. The van der Waals surface area contributed by atoms with Gasteiger partial charge in [0.15, 0.2) is 5.78 Å². The lowest BCUT2D eigenvalue weighted by Crippen LogP contribution is -2.52. The summed E-state index contributed by atoms with van der Waals surface area (Å²) in [5.74, 6) is -0.291. The van der Waals surface area contributed by atoms with Crippen LogP contribution in [0.4, 0.5) is 5.69 Å². The molecular formula is C29H41N3O5. The monoisotopic (exact) mass is 511 g/mol. The summed E-state index contributed by atoms with van der Waals surface area (Å²) in [6, 6.07) is 15.3. The maximum atomic E-state index is 13.9. The Balaban J connectivity index is 1.66. The molecule has 1 unspecified atom stereocenters. The molecule has 1 heterocycles. The predicted molar refractivity (Wildman–Crippen MR) is 146 cm³/mol. The lowest BCUT2D eigenvalue weighted by molar-refractivity contribution is 0.0213. The third-order valence-corrected chi connectivity index (χ3v) is 7.05. The number of esters is 1. The fourth-order valence-corrected chi connectivity index (χ4v) is 4.68. The van der Waals surface area contributed by atoms with Crippen molar-refractivity contribution in [1.29, 1.82) is 0 Å². The molecule has 202 valence electrons. The Morgan fingerprint density at radius 1 is 0.919 bits per heavy atom. The smallest absolute Gasteiger partial charge is 0.338 e. The number of ether oxygens (including phenoxy) is 3. The largest absolute Gasteiger partial charge is 0.460 e. The highest BCUT2D eigenvalue weighted by molar-refractivity contribution is 6.03. The number of likely N-dealkylation sites (N-methyl/N-ethyl adjacent to an activating group) is 1. The molecule has 1 fully saturated rings. The first-order valence-corrected chi connectivity index (χ1v) is 13.0. The highest BCUT2D eigenvalue weighted by Crippen LogP contribution is 2.29. The first-order valence-electron chi connectivity index (χ1n) is 13.0. The van der Waals surface area contributed by atoms with E-state index in [2.05, 4.69) is 22.3 Å². The quantitative estimate of drug-likeness (QED) is 0.236. The number of hydrogen-bond donors (Lipinski definition) is 1. The third-order valence-electron chi connectivity index (χ3n) is 7.05. The first-order chi connectivity index (χ1) is 17.9. The van der Waals surface area contributed by atoms with Crippen LogP contribution in [0.2, 0.25) is 0 Å². The molecule has 0 radical (unpaired) electrons. The average molecular weight is 512 g/mol. The maximum Gasteiger partial charge on any atom is 0.338 e. The number of Topliss-reactive ketones (excluding diaryl/α,β-unsaturated/α-hetero) is 1. The van der Waals surface area contributed by atoms with E-state index in [0.29, 0.717) is 43.8 Å². The number of rotatable bonds is 14. The molecule has 8 heteroatoms. The van der Waals surface area contributed by atoms with Crippen LogP contribution in [0.5, 0.6) is 0 Å². The van der Waals surface area contributed by atoms with Crippen molar-refractivity contribution >= 4 is 17.4 Å². The fourth-order valence-electron chi connectivity index (χ4n) is 4.68. The topological polar surface area (TPSA) is 80.3 Å². The van der Waals surface area contributed by atoms with E-state index in [9.17, 15) is 9.59 Å². The van der Waals surface area contributed by atoms with Crippen molar-refractivity contribution in [2.45, 2.75) is 25.3 Å². The summed E-state index contributed by atoms with van der Waals surface area (Å²) in [7, 11) is 5.52. The molecule has 1 aliphatic heterocycles. The van der Waals surface area contributed by atoms with Gasteiger partial charge >= 0.3 is 5.97 Å². The summed E-state index contributed by atoms with van der Waals surface area (Å²) in [5.41, 5.74) is 2.62. The van der Waals surface area contributed by atoms with E-state index >= 15 is 0 Å². The summed E-state index contributed by atoms with van der Waals surface area (Å²) in [4.78, 5) is 30.6. The first kappa shape index (κ1) is 28.8. The molecule has 37 heavy (non-hydrogen) atoms. The van der Waals surface area contributed by atoms with Crippen LogP contribution >= 0.6 is 0 Å². The highest BCUT2D eigenvalue weighted by Gasteiger charge is 2.39. The van der Waals surface area contributed by atoms with Crippen LogP contribution in [0.25, 0.3) is 0 Å². The number of hydrogen-bond acceptors (Lipinski definition) is 8. The number of carbonyl (C=O) groups is 2. The van der Waals surface area contributed by atoms with Gasteiger partial charge < -0.3 is 24.4 Å². The number of nitrogens with one attached hydrogen (secondary N) is 1. The van der Waals surface area contributed by atoms with Crippen molar-refractivity contribution in [3.05, 3.63) is 65.2 Å². The number of methoxy groups -OCH3 is 1. The standard InChI is InChI=1S/C29H41N3O5/c1-5-29(31(2)3,27(33)24-10-12-26(13-11-24)32-16-14-30-15-17-32)22-23-6-8-25(9-7-23)28(34)37-21-20-36-19-18-35-4/h6-13,30H,5,14-22H2,1-4H3. The van der Waals surface area contributed by atoms with Gasteiger partial charge in [-0.05, 0) is 68.9 Å². The Bertz CT molecular complexity index is 988. The molecule has 2 aromatic rings. The number of anilines is 1. The van der Waals surface area contributed by atoms with Crippen molar-refractivity contribution in [2.24, 2.45) is 0 Å². The zero-order valence-corrected chi connectivity index (χ0v) is 22.6. The van der Waals surface area contributed by atoms with Crippen LogP contribution in [0.15, 0.2) is 48.5 Å². The van der Waals surface area contributed by atoms with E-state index in [1.165, 1.54) is 0 Å². The van der Waals surface area contributed by atoms with Gasteiger partial charge in [-0.3, -0.25) is 9.69 Å². The highest BCUT2D eigenvalue weighted by atomic mass is 16.6. The van der Waals surface area contributed by atoms with Crippen molar-refractivity contribution in [2.75, 3.05) is 78.7 Å². The van der Waals surface area contributed by atoms with Crippen LogP contribution in [-0.4, -0.2) is 96.0 Å². The van der Waals surface area contributed by atoms with E-state index in [-0.39, 0.29) is 12.4 Å². The molecular weight excluding hydrogens is 470 g/mol. The van der Waals surface area contributed by atoms with Crippen LogP contribution in [-0.2, 0) is 20.6 Å². The number of ketones is 1. The molecule has 1 aliphatic rings. The van der Waals surface area contributed by atoms with Crippen molar-refractivity contribution in [1.82, 2.24) is 10.2 Å². The molecule has 0 amide bonds. The van der Waals surface area contributed by atoms with Crippen molar-refractivity contribution in [3.63, 3.8) is 0 Å². The lowest BCUT2D eigenvalue weighted by atomic mass is 9.80. The summed E-state index contributed by atoms with van der Waals surface area (Å²) in [5, 5.41) is 3.37. The molecule has 0 aromatic heterocycles. The molecule has 2 aromatic carbocycles. The van der Waals surface area contributed by atoms with Gasteiger partial charge in [-0.25, -0.2) is 4.79 Å². The molecule has 1 atom stereocenters. The van der Waals surface area contributed by atoms with Gasteiger partial charge in [0.05, 0.1) is 30.9 Å². The normalized spacial score (nSPS) is 15.4. The second kappa shape index (κ2) is 14.2. The third kappa shape index (κ3) is 7.61. The minimum absolute atomic E-state index is 0.101. The van der Waals surface area contributed by atoms with E-state index < -0.39 is 11.5 Å². The second-order valence-electron chi connectivity index (χ2n) is 9.51. The molecule has 3 rings (SSSR count). The van der Waals surface area contributed by atoms with E-state index in [1.54, 1.807) is 19.2 Å². The van der Waals surface area contributed by atoms with Gasteiger partial charge in [0.2, 0.25) is 0 Å². The fraction of sp³-hybridized carbons (Fsp3) is 0.517. The molecule has 1 N–H and O–H groups in total. The zero-order valence-electron chi connectivity index (χ0n) is 22.6. The molecule has 0 spiro atoms. The number of nitrogens with zero attached hydrogens (tertiary/aromatic N) is 2. The van der Waals surface area contributed by atoms with Crippen LogP contribution in [0.3, 0.4) is 0 Å². The average Bonchev–Trinajstić information content (AvgIpc) is 2.94. The van der Waals surface area contributed by atoms with E-state index in [4.69, 9.17) is 14.2 Å². The van der Waals surface area contributed by atoms with Crippen LogP contribution in [0.1, 0.15) is 39.6 Å². The summed E-state index contributed by atoms with van der Waals surface area (Å²) >= 11 is 0. The Labute approximate surface area is 220 Å². The van der Waals surface area contributed by atoms with E-state index in [1.807, 2.05) is 50.2 Å². The minimum atomic E-state index is -0.696. The summed E-state index contributed by atoms with van der Waals surface area (Å²) in [6.07, 6.45) is 1.20. The minimum Gasteiger partial charge on any atom is -0.460 e. The van der Waals surface area contributed by atoms with Crippen molar-refractivity contribution < 1.29 is 23.8 Å². The van der Waals surface area contributed by atoms with Gasteiger partial charge in [0.1, 0.15) is 6.61 Å². The Hall–Kier alpha value is -2.78. The Kier molecular flexibility index (Phi) is 11.1. The number of benzene rings is 2. The molecule has 0 bridgehead atoms. The van der Waals surface area contributed by atoms with Gasteiger partial charge in [-0.2, -0.15) is 0 Å². The Morgan fingerprint density at radius 2 is 1.54 bits per heavy atom. The second-order valence-corrected chi connectivity index (χ2v) is 9.51. The summed E-state index contributed by atoms with van der Waals surface area (Å²) < 4.78 is 15.5.